The van der Waals surface area contributed by atoms with Crippen LogP contribution in [0.5, 0.6) is 0 Å². The van der Waals surface area contributed by atoms with E-state index in [9.17, 15) is 8.78 Å². The quantitative estimate of drug-likeness (QED) is 0.822. The van der Waals surface area contributed by atoms with Crippen LogP contribution >= 0.6 is 0 Å². The van der Waals surface area contributed by atoms with E-state index in [-0.39, 0.29) is 5.69 Å². The Morgan fingerprint density at radius 2 is 2.20 bits per heavy atom. The van der Waals surface area contributed by atoms with Crippen molar-refractivity contribution in [2.75, 3.05) is 0 Å². The average molecular weight is 211 g/mol. The Morgan fingerprint density at radius 3 is 2.80 bits per heavy atom. The highest BCUT2D eigenvalue weighted by Gasteiger charge is 2.34. The molecule has 1 unspecified atom stereocenters. The molecule has 0 aliphatic heterocycles. The van der Waals surface area contributed by atoms with E-state index < -0.39 is 12.0 Å². The fourth-order valence-electron chi connectivity index (χ4n) is 1.31. The summed E-state index contributed by atoms with van der Waals surface area (Å²) in [4.78, 5) is 4.06. The molecule has 0 aromatic carbocycles. The normalized spacial score (nSPS) is 15.8. The van der Waals surface area contributed by atoms with E-state index >= 15 is 0 Å². The summed E-state index contributed by atoms with van der Waals surface area (Å²) in [6, 6.07) is 5.34. The van der Waals surface area contributed by atoms with Gasteiger partial charge >= 0.3 is 0 Å². The lowest BCUT2D eigenvalue weighted by molar-refractivity contribution is 0.0605. The number of imidazole rings is 1. The Morgan fingerprint density at radius 1 is 1.47 bits per heavy atom. The molecule has 0 saturated carbocycles. The average Bonchev–Trinajstić information content (AvgIpc) is 2.61. The molecule has 0 fully saturated rings. The summed E-state index contributed by atoms with van der Waals surface area (Å²) < 4.78 is 27.0. The van der Waals surface area contributed by atoms with Crippen LogP contribution in [-0.4, -0.2) is 15.8 Å². The highest BCUT2D eigenvalue weighted by Crippen LogP contribution is 2.24. The van der Waals surface area contributed by atoms with Crippen LogP contribution in [0.2, 0.25) is 0 Å². The number of nitrogens with two attached hydrogens (primary N) is 1. The van der Waals surface area contributed by atoms with Crippen molar-refractivity contribution in [3.63, 3.8) is 0 Å². The number of aromatic nitrogens is 2. The van der Waals surface area contributed by atoms with E-state index in [1.165, 1.54) is 13.1 Å². The van der Waals surface area contributed by atoms with Crippen LogP contribution < -0.4 is 5.73 Å². The van der Waals surface area contributed by atoms with Gasteiger partial charge in [0.2, 0.25) is 0 Å². The highest BCUT2D eigenvalue weighted by molar-refractivity contribution is 5.40. The van der Waals surface area contributed by atoms with Crippen molar-refractivity contribution in [3.05, 3.63) is 36.3 Å². The molecule has 2 rings (SSSR count). The minimum atomic E-state index is -2.64. The topological polar surface area (TPSA) is 43.3 Å². The molecule has 80 valence electrons. The minimum Gasteiger partial charge on any atom is -0.316 e. The lowest BCUT2D eigenvalue weighted by atomic mass is 10.0. The largest absolute Gasteiger partial charge is 0.316 e. The number of rotatable bonds is 2. The third kappa shape index (κ3) is 1.59. The molecule has 3 nitrogen and oxygen atoms in total. The van der Waals surface area contributed by atoms with Crippen LogP contribution in [0.25, 0.3) is 5.65 Å². The Kier molecular flexibility index (Phi) is 2.19. The monoisotopic (exact) mass is 211 g/mol. The number of fused-ring (bicyclic) bond motifs is 1. The molecule has 2 heterocycles. The summed E-state index contributed by atoms with van der Waals surface area (Å²) in [6.45, 7) is 1.28. The van der Waals surface area contributed by atoms with Crippen molar-refractivity contribution in [3.8, 4) is 0 Å². The minimum absolute atomic E-state index is 0.198. The molecule has 0 saturated heterocycles. The summed E-state index contributed by atoms with van der Waals surface area (Å²) in [7, 11) is 0. The first-order valence-corrected chi connectivity index (χ1v) is 4.53. The third-order valence-corrected chi connectivity index (χ3v) is 2.37. The third-order valence-electron chi connectivity index (χ3n) is 2.37. The number of alkyl halides is 2. The van der Waals surface area contributed by atoms with Gasteiger partial charge in [0, 0.05) is 12.4 Å². The molecule has 2 aromatic rings. The molecule has 0 aliphatic rings. The predicted octanol–water partition coefficient (Wildman–Crippen LogP) is 1.77. The van der Waals surface area contributed by atoms with Crippen molar-refractivity contribution >= 4 is 5.65 Å². The van der Waals surface area contributed by atoms with Crippen molar-refractivity contribution in [1.29, 1.82) is 0 Å². The van der Waals surface area contributed by atoms with Gasteiger partial charge in [0.25, 0.3) is 6.43 Å². The molecule has 0 bridgehead atoms. The molecule has 5 heteroatoms. The maximum Gasteiger partial charge on any atom is 0.261 e. The Balaban J connectivity index is 2.53. The van der Waals surface area contributed by atoms with Gasteiger partial charge in [-0.1, -0.05) is 6.07 Å². The first kappa shape index (κ1) is 10.0. The van der Waals surface area contributed by atoms with Gasteiger partial charge in [0.1, 0.15) is 11.2 Å². The van der Waals surface area contributed by atoms with Crippen molar-refractivity contribution in [2.24, 2.45) is 5.73 Å². The molecule has 15 heavy (non-hydrogen) atoms. The zero-order valence-electron chi connectivity index (χ0n) is 8.19. The molecule has 0 amide bonds. The summed E-state index contributed by atoms with van der Waals surface area (Å²) in [6.07, 6.45) is 0.636. The molecule has 2 N–H and O–H groups in total. The van der Waals surface area contributed by atoms with E-state index in [1.807, 2.05) is 0 Å². The summed E-state index contributed by atoms with van der Waals surface area (Å²) in [5, 5.41) is 0. The Labute approximate surface area is 85.5 Å². The molecule has 0 radical (unpaired) electrons. The summed E-state index contributed by atoms with van der Waals surface area (Å²) in [5.74, 6) is 0. The summed E-state index contributed by atoms with van der Waals surface area (Å²) >= 11 is 0. The van der Waals surface area contributed by atoms with E-state index in [0.29, 0.717) is 5.65 Å². The lowest BCUT2D eigenvalue weighted by Crippen LogP contribution is -2.40. The molecular weight excluding hydrogens is 200 g/mol. The standard InChI is InChI=1S/C10H11F2N3/c1-10(13,9(11)12)7-6-15-5-3-2-4-8(15)14-7/h2-6,9H,13H2,1H3. The fourth-order valence-corrected chi connectivity index (χ4v) is 1.31. The maximum absolute atomic E-state index is 12.7. The van der Waals surface area contributed by atoms with Crippen LogP contribution in [-0.2, 0) is 5.54 Å². The van der Waals surface area contributed by atoms with E-state index in [0.717, 1.165) is 0 Å². The van der Waals surface area contributed by atoms with Gasteiger partial charge in [-0.25, -0.2) is 13.8 Å². The Bertz CT molecular complexity index is 443. The second-order valence-corrected chi connectivity index (χ2v) is 3.68. The molecule has 0 spiro atoms. The van der Waals surface area contributed by atoms with Crippen molar-refractivity contribution < 1.29 is 8.78 Å². The zero-order chi connectivity index (χ0) is 11.1. The molecular formula is C10H11F2N3. The van der Waals surface area contributed by atoms with Gasteiger partial charge in [0.15, 0.2) is 0 Å². The van der Waals surface area contributed by atoms with Crippen LogP contribution in [0.3, 0.4) is 0 Å². The van der Waals surface area contributed by atoms with Crippen LogP contribution in [0.1, 0.15) is 12.6 Å². The number of halogens is 2. The molecule has 0 aliphatic carbocycles. The molecule has 2 aromatic heterocycles. The number of hydrogen-bond donors (Lipinski definition) is 1. The Hall–Kier alpha value is -1.49. The van der Waals surface area contributed by atoms with E-state index in [4.69, 9.17) is 5.73 Å². The maximum atomic E-state index is 12.7. The second-order valence-electron chi connectivity index (χ2n) is 3.68. The van der Waals surface area contributed by atoms with E-state index in [2.05, 4.69) is 4.98 Å². The molecule has 1 atom stereocenters. The van der Waals surface area contributed by atoms with Gasteiger partial charge in [-0.2, -0.15) is 0 Å². The number of pyridine rings is 1. The first-order chi connectivity index (χ1) is 7.01. The van der Waals surface area contributed by atoms with Crippen LogP contribution in [0.15, 0.2) is 30.6 Å². The van der Waals surface area contributed by atoms with E-state index in [1.54, 1.807) is 28.8 Å². The first-order valence-electron chi connectivity index (χ1n) is 4.53. The van der Waals surface area contributed by atoms with Gasteiger partial charge in [-0.15, -0.1) is 0 Å². The lowest BCUT2D eigenvalue weighted by Gasteiger charge is -2.20. The van der Waals surface area contributed by atoms with Crippen molar-refractivity contribution in [1.82, 2.24) is 9.38 Å². The van der Waals surface area contributed by atoms with Gasteiger partial charge in [-0.05, 0) is 19.1 Å². The second kappa shape index (κ2) is 3.27. The number of hydrogen-bond acceptors (Lipinski definition) is 2. The van der Waals surface area contributed by atoms with Gasteiger partial charge in [0.05, 0.1) is 5.69 Å². The van der Waals surface area contributed by atoms with Gasteiger partial charge < -0.3 is 10.1 Å². The predicted molar refractivity (Wildman–Crippen MR) is 52.7 cm³/mol. The van der Waals surface area contributed by atoms with Crippen LogP contribution in [0, 0.1) is 0 Å². The summed E-state index contributed by atoms with van der Waals surface area (Å²) in [5.41, 5.74) is 4.63. The fraction of sp³-hybridized carbons (Fsp3) is 0.300. The SMILES string of the molecule is CC(N)(c1cn2ccccc2n1)C(F)F. The van der Waals surface area contributed by atoms with Gasteiger partial charge in [-0.3, -0.25) is 0 Å². The smallest absolute Gasteiger partial charge is 0.261 e. The number of nitrogens with zero attached hydrogens (tertiary/aromatic N) is 2. The van der Waals surface area contributed by atoms with Crippen LogP contribution in [0.4, 0.5) is 8.78 Å². The highest BCUT2D eigenvalue weighted by atomic mass is 19.3. The van der Waals surface area contributed by atoms with Crippen molar-refractivity contribution in [2.45, 2.75) is 18.9 Å². The zero-order valence-corrected chi connectivity index (χ0v) is 8.19.